The van der Waals surface area contributed by atoms with Gasteiger partial charge >= 0.3 is 0 Å². The summed E-state index contributed by atoms with van der Waals surface area (Å²) in [5, 5.41) is 5.52. The minimum atomic E-state index is -0.602. The summed E-state index contributed by atoms with van der Waals surface area (Å²) in [6, 6.07) is 20.6. The van der Waals surface area contributed by atoms with Crippen LogP contribution in [-0.2, 0) is 4.79 Å². The minimum absolute atomic E-state index is 0.155. The van der Waals surface area contributed by atoms with Gasteiger partial charge in [0, 0.05) is 16.1 Å². The van der Waals surface area contributed by atoms with E-state index in [2.05, 4.69) is 10.6 Å². The zero-order valence-electron chi connectivity index (χ0n) is 16.8. The second-order valence-corrected chi connectivity index (χ2v) is 7.51. The number of amides is 3. The highest BCUT2D eigenvalue weighted by atomic mass is 32.2. The number of nitrogens with two attached hydrogens (primary N) is 1. The molecule has 0 aromatic heterocycles. The summed E-state index contributed by atoms with van der Waals surface area (Å²) in [5.41, 5.74) is 7.10. The molecule has 0 fully saturated rings. The van der Waals surface area contributed by atoms with Gasteiger partial charge in [0.2, 0.25) is 5.91 Å². The molecule has 3 rings (SSSR count). The normalized spacial score (nSPS) is 10.2. The number of hydrogen-bond acceptors (Lipinski definition) is 5. The third kappa shape index (κ3) is 6.10. The number of carbonyl (C=O) groups is 3. The number of ether oxygens (including phenoxy) is 1. The summed E-state index contributed by atoms with van der Waals surface area (Å²) >= 11 is 1.33. The predicted octanol–water partition coefficient (Wildman–Crippen LogP) is 3.78. The topological polar surface area (TPSA) is 111 Å². The van der Waals surface area contributed by atoms with Crippen LogP contribution in [0.5, 0.6) is 5.75 Å². The maximum Gasteiger partial charge on any atom is 0.255 e. The van der Waals surface area contributed by atoms with E-state index in [1.165, 1.54) is 11.8 Å². The van der Waals surface area contributed by atoms with Crippen molar-refractivity contribution in [3.63, 3.8) is 0 Å². The fourth-order valence-corrected chi connectivity index (χ4v) is 3.44. The van der Waals surface area contributed by atoms with Crippen LogP contribution in [-0.4, -0.2) is 30.6 Å². The Morgan fingerprint density at radius 2 is 1.68 bits per heavy atom. The number of hydrogen-bond donors (Lipinski definition) is 3. The lowest BCUT2D eigenvalue weighted by atomic mass is 10.1. The number of carbonyl (C=O) groups excluding carboxylic acids is 3. The molecular formula is C23H21N3O4S. The van der Waals surface area contributed by atoms with E-state index in [-0.39, 0.29) is 23.1 Å². The maximum absolute atomic E-state index is 12.4. The Morgan fingerprint density at radius 1 is 0.935 bits per heavy atom. The van der Waals surface area contributed by atoms with Crippen LogP contribution in [0, 0.1) is 0 Å². The maximum atomic E-state index is 12.4. The van der Waals surface area contributed by atoms with Crippen LogP contribution in [0.2, 0.25) is 0 Å². The molecule has 4 N–H and O–H groups in total. The Morgan fingerprint density at radius 3 is 2.39 bits per heavy atom. The first-order valence-corrected chi connectivity index (χ1v) is 10.3. The smallest absolute Gasteiger partial charge is 0.255 e. The van der Waals surface area contributed by atoms with Gasteiger partial charge in [0.15, 0.2) is 0 Å². The Labute approximate surface area is 184 Å². The molecule has 0 aliphatic rings. The first-order chi connectivity index (χ1) is 15.0. The number of anilines is 2. The monoisotopic (exact) mass is 435 g/mol. The molecule has 0 aliphatic heterocycles. The molecule has 0 saturated heterocycles. The molecule has 0 spiro atoms. The van der Waals surface area contributed by atoms with Gasteiger partial charge in [0.25, 0.3) is 11.8 Å². The van der Waals surface area contributed by atoms with Crippen molar-refractivity contribution in [1.82, 2.24) is 0 Å². The van der Waals surface area contributed by atoms with Gasteiger partial charge in [0.1, 0.15) is 5.75 Å². The Bertz CT molecular complexity index is 1100. The third-order valence-electron chi connectivity index (χ3n) is 4.28. The quantitative estimate of drug-likeness (QED) is 0.467. The second-order valence-electron chi connectivity index (χ2n) is 6.46. The first-order valence-electron chi connectivity index (χ1n) is 9.33. The summed E-state index contributed by atoms with van der Waals surface area (Å²) in [5.74, 6) is -0.338. The van der Waals surface area contributed by atoms with Gasteiger partial charge in [-0.05, 0) is 54.6 Å². The van der Waals surface area contributed by atoms with Gasteiger partial charge in [-0.1, -0.05) is 18.2 Å². The van der Waals surface area contributed by atoms with Crippen molar-refractivity contribution in [2.75, 3.05) is 23.5 Å². The van der Waals surface area contributed by atoms with Crippen molar-refractivity contribution >= 4 is 40.9 Å². The zero-order valence-corrected chi connectivity index (χ0v) is 17.6. The van der Waals surface area contributed by atoms with Crippen LogP contribution in [0.4, 0.5) is 11.4 Å². The lowest BCUT2D eigenvalue weighted by Gasteiger charge is -2.09. The average Bonchev–Trinajstić information content (AvgIpc) is 2.79. The minimum Gasteiger partial charge on any atom is -0.497 e. The number of benzene rings is 3. The van der Waals surface area contributed by atoms with Crippen LogP contribution in [0.25, 0.3) is 0 Å². The van der Waals surface area contributed by atoms with Gasteiger partial charge in [-0.2, -0.15) is 0 Å². The van der Waals surface area contributed by atoms with Gasteiger partial charge in [0.05, 0.1) is 24.1 Å². The van der Waals surface area contributed by atoms with Crippen molar-refractivity contribution < 1.29 is 19.1 Å². The Balaban J connectivity index is 1.54. The molecule has 7 nitrogen and oxygen atoms in total. The standard InChI is InChI=1S/C23H21N3O4S/c1-30-17-6-4-5-15(13-17)23(29)25-16-9-11-18(12-10-16)31-14-21(27)26-20-8-3-2-7-19(20)22(24)28/h2-13H,14H2,1H3,(H2,24,28)(H,25,29)(H,26,27). The van der Waals surface area contributed by atoms with E-state index in [0.29, 0.717) is 22.7 Å². The SMILES string of the molecule is COc1cccc(C(=O)Nc2ccc(SCC(=O)Nc3ccccc3C(N)=O)cc2)c1. The molecule has 0 radical (unpaired) electrons. The molecule has 0 unspecified atom stereocenters. The van der Waals surface area contributed by atoms with Gasteiger partial charge in [-0.15, -0.1) is 11.8 Å². The van der Waals surface area contributed by atoms with Crippen LogP contribution in [0.15, 0.2) is 77.7 Å². The molecule has 0 heterocycles. The third-order valence-corrected chi connectivity index (χ3v) is 5.29. The van der Waals surface area contributed by atoms with Gasteiger partial charge in [-0.3, -0.25) is 14.4 Å². The fourth-order valence-electron chi connectivity index (χ4n) is 2.74. The summed E-state index contributed by atoms with van der Waals surface area (Å²) < 4.78 is 5.13. The summed E-state index contributed by atoms with van der Waals surface area (Å²) in [4.78, 5) is 36.9. The van der Waals surface area contributed by atoms with Crippen LogP contribution < -0.4 is 21.1 Å². The largest absolute Gasteiger partial charge is 0.497 e. The molecule has 158 valence electrons. The number of rotatable bonds is 8. The van der Waals surface area contributed by atoms with Crippen molar-refractivity contribution in [3.05, 3.63) is 83.9 Å². The number of para-hydroxylation sites is 1. The number of methoxy groups -OCH3 is 1. The first kappa shape index (κ1) is 21.9. The van der Waals surface area contributed by atoms with Gasteiger partial charge in [-0.25, -0.2) is 0 Å². The van der Waals surface area contributed by atoms with E-state index in [1.807, 2.05) is 12.1 Å². The van der Waals surface area contributed by atoms with Crippen molar-refractivity contribution in [2.45, 2.75) is 4.90 Å². The van der Waals surface area contributed by atoms with Crippen molar-refractivity contribution in [3.8, 4) is 5.75 Å². The summed E-state index contributed by atoms with van der Waals surface area (Å²) in [6.45, 7) is 0. The molecule has 8 heteroatoms. The molecular weight excluding hydrogens is 414 g/mol. The highest BCUT2D eigenvalue weighted by Gasteiger charge is 2.11. The van der Waals surface area contributed by atoms with E-state index in [4.69, 9.17) is 10.5 Å². The van der Waals surface area contributed by atoms with Gasteiger partial charge < -0.3 is 21.1 Å². The molecule has 0 aliphatic carbocycles. The Kier molecular flexibility index (Phi) is 7.29. The predicted molar refractivity (Wildman–Crippen MR) is 122 cm³/mol. The highest BCUT2D eigenvalue weighted by Crippen LogP contribution is 2.22. The Hall–Kier alpha value is -3.78. The average molecular weight is 436 g/mol. The molecule has 31 heavy (non-hydrogen) atoms. The van der Waals surface area contributed by atoms with Crippen LogP contribution in [0.3, 0.4) is 0 Å². The second kappa shape index (κ2) is 10.3. The zero-order chi connectivity index (χ0) is 22.2. The molecule has 0 atom stereocenters. The van der Waals surface area contributed by atoms with Crippen molar-refractivity contribution in [2.24, 2.45) is 5.73 Å². The van der Waals surface area contributed by atoms with E-state index in [0.717, 1.165) is 4.90 Å². The van der Waals surface area contributed by atoms with Crippen molar-refractivity contribution in [1.29, 1.82) is 0 Å². The van der Waals surface area contributed by atoms with Crippen LogP contribution in [0.1, 0.15) is 20.7 Å². The van der Waals surface area contributed by atoms with Crippen LogP contribution >= 0.6 is 11.8 Å². The van der Waals surface area contributed by atoms with E-state index in [1.54, 1.807) is 67.8 Å². The molecule has 0 bridgehead atoms. The highest BCUT2D eigenvalue weighted by molar-refractivity contribution is 8.00. The molecule has 3 amide bonds. The van der Waals surface area contributed by atoms with E-state index >= 15 is 0 Å². The summed E-state index contributed by atoms with van der Waals surface area (Å²) in [6.07, 6.45) is 0. The summed E-state index contributed by atoms with van der Waals surface area (Å²) in [7, 11) is 1.55. The fraction of sp³-hybridized carbons (Fsp3) is 0.0870. The molecule has 3 aromatic carbocycles. The molecule has 3 aromatic rings. The van der Waals surface area contributed by atoms with E-state index in [9.17, 15) is 14.4 Å². The number of thioether (sulfide) groups is 1. The van der Waals surface area contributed by atoms with E-state index < -0.39 is 5.91 Å². The number of primary amides is 1. The molecule has 0 saturated carbocycles. The number of nitrogens with one attached hydrogen (secondary N) is 2. The lowest BCUT2D eigenvalue weighted by molar-refractivity contribution is -0.113. The lowest BCUT2D eigenvalue weighted by Crippen LogP contribution is -2.19.